The molecule has 36 heavy (non-hydrogen) atoms. The predicted molar refractivity (Wildman–Crippen MR) is 122 cm³/mol. The Labute approximate surface area is 207 Å². The van der Waals surface area contributed by atoms with Crippen molar-refractivity contribution in [1.82, 2.24) is 14.7 Å². The lowest BCUT2D eigenvalue weighted by molar-refractivity contribution is -0.129. The Bertz CT molecular complexity index is 1200. The minimum absolute atomic E-state index is 0.00916. The molecule has 0 saturated carbocycles. The Kier molecular flexibility index (Phi) is 10.6. The third kappa shape index (κ3) is 7.89. The molecule has 0 fully saturated rings. The molecule has 0 unspecified atom stereocenters. The van der Waals surface area contributed by atoms with Gasteiger partial charge in [-0.25, -0.2) is 23.1 Å². The number of halogens is 1. The van der Waals surface area contributed by atoms with E-state index in [9.17, 15) is 22.4 Å². The Balaban J connectivity index is 2.19. The number of hydroxylamine groups is 1. The molecule has 0 bridgehead atoms. The van der Waals surface area contributed by atoms with Crippen LogP contribution in [0.2, 0.25) is 0 Å². The second kappa shape index (κ2) is 13.4. The Morgan fingerprint density at radius 3 is 2.42 bits per heavy atom. The van der Waals surface area contributed by atoms with Crippen LogP contribution in [-0.4, -0.2) is 81.8 Å². The molecule has 2 aromatic rings. The second-order valence-corrected chi connectivity index (χ2v) is 9.17. The van der Waals surface area contributed by atoms with Gasteiger partial charge in [0.15, 0.2) is 11.6 Å². The van der Waals surface area contributed by atoms with Crippen LogP contribution in [0.4, 0.5) is 9.18 Å². The van der Waals surface area contributed by atoms with Crippen LogP contribution >= 0.6 is 0 Å². The number of hydrogen-bond donors (Lipinski definition) is 2. The minimum Gasteiger partial charge on any atom is -0.454 e. The molecule has 2 aromatic carbocycles. The number of nitriles is 1. The van der Waals surface area contributed by atoms with Gasteiger partial charge in [0.05, 0.1) is 29.7 Å². The summed E-state index contributed by atoms with van der Waals surface area (Å²) in [4.78, 5) is 24.3. The Morgan fingerprint density at radius 1 is 1.14 bits per heavy atom. The number of benzene rings is 2. The lowest BCUT2D eigenvalue weighted by Gasteiger charge is -2.24. The fraction of sp³-hybridized carbons (Fsp3) is 0.318. The fourth-order valence-electron chi connectivity index (χ4n) is 2.75. The molecule has 0 aliphatic carbocycles. The number of carbonyl (C=O) groups excluding carboxylic acids is 2. The van der Waals surface area contributed by atoms with Gasteiger partial charge in [0, 0.05) is 27.2 Å². The van der Waals surface area contributed by atoms with Crippen LogP contribution in [-0.2, 0) is 24.3 Å². The van der Waals surface area contributed by atoms with E-state index in [-0.39, 0.29) is 37.8 Å². The summed E-state index contributed by atoms with van der Waals surface area (Å²) in [6.07, 6.45) is -0.744. The minimum atomic E-state index is -4.44. The molecule has 0 saturated heterocycles. The molecule has 2 amide bonds. The molecule has 0 heterocycles. The van der Waals surface area contributed by atoms with E-state index >= 15 is 0 Å². The van der Waals surface area contributed by atoms with Gasteiger partial charge in [0.1, 0.15) is 12.4 Å². The zero-order chi connectivity index (χ0) is 26.7. The van der Waals surface area contributed by atoms with E-state index in [4.69, 9.17) is 24.7 Å². The summed E-state index contributed by atoms with van der Waals surface area (Å²) >= 11 is 0. The lowest BCUT2D eigenvalue weighted by atomic mass is 10.2. The maximum Gasteiger partial charge on any atom is 0.409 e. The molecule has 12 nitrogen and oxygen atoms in total. The van der Waals surface area contributed by atoms with E-state index in [2.05, 4.69) is 0 Å². The molecule has 14 heteroatoms. The molecule has 194 valence electrons. The first kappa shape index (κ1) is 28.5. The number of rotatable bonds is 12. The number of hydrogen-bond acceptors (Lipinski definition) is 9. The summed E-state index contributed by atoms with van der Waals surface area (Å²) in [7, 11) is -1.64. The highest BCUT2D eigenvalue weighted by molar-refractivity contribution is 7.89. The van der Waals surface area contributed by atoms with E-state index in [1.807, 2.05) is 6.07 Å². The maximum atomic E-state index is 14.7. The van der Waals surface area contributed by atoms with Crippen LogP contribution in [0, 0.1) is 17.1 Å². The van der Waals surface area contributed by atoms with Crippen molar-refractivity contribution in [2.45, 2.75) is 4.90 Å². The summed E-state index contributed by atoms with van der Waals surface area (Å²) in [5, 5.41) is 17.7. The van der Waals surface area contributed by atoms with E-state index in [0.29, 0.717) is 9.87 Å². The van der Waals surface area contributed by atoms with Gasteiger partial charge in [0.25, 0.3) is 5.91 Å². The fourth-order valence-corrected chi connectivity index (χ4v) is 4.15. The average molecular weight is 525 g/mol. The number of ether oxygens (including phenoxy) is 3. The molecule has 0 aliphatic heterocycles. The largest absolute Gasteiger partial charge is 0.454 e. The maximum absolute atomic E-state index is 14.7. The summed E-state index contributed by atoms with van der Waals surface area (Å²) in [5.74, 6) is -2.07. The number of sulfonamides is 1. The van der Waals surface area contributed by atoms with Crippen LogP contribution in [0.3, 0.4) is 0 Å². The first-order valence-electron chi connectivity index (χ1n) is 10.4. The molecule has 2 N–H and O–H groups in total. The van der Waals surface area contributed by atoms with Crippen molar-refractivity contribution in [2.75, 3.05) is 47.0 Å². The standard InChI is InChI=1S/C22H25FN4O8S/c1-26(22(29)34-12-11-33-2)9-10-27(15-21(28)25-30)36(31,32)18-7-8-20(19(23)13-18)35-17-5-3-16(14-24)4-6-17/h3-8,13,30H,9-12,15H2,1-2H3,(H,25,28). The van der Waals surface area contributed by atoms with Crippen molar-refractivity contribution < 1.29 is 41.8 Å². The SMILES string of the molecule is COCCOC(=O)N(C)CCN(CC(=O)NO)S(=O)(=O)c1ccc(Oc2ccc(C#N)cc2)c(F)c1. The normalized spacial score (nSPS) is 11.0. The molecule has 0 aromatic heterocycles. The summed E-state index contributed by atoms with van der Waals surface area (Å²) in [5.41, 5.74) is 1.72. The zero-order valence-corrected chi connectivity index (χ0v) is 20.3. The van der Waals surface area contributed by atoms with Crippen LogP contribution in [0.25, 0.3) is 0 Å². The average Bonchev–Trinajstić information content (AvgIpc) is 2.87. The van der Waals surface area contributed by atoms with E-state index < -0.39 is 39.3 Å². The van der Waals surface area contributed by atoms with Crippen molar-refractivity contribution in [1.29, 1.82) is 5.26 Å². The number of carbonyl (C=O) groups is 2. The lowest BCUT2D eigenvalue weighted by Crippen LogP contribution is -2.44. The van der Waals surface area contributed by atoms with Crippen molar-refractivity contribution in [3.63, 3.8) is 0 Å². The quantitative estimate of drug-likeness (QED) is 0.239. The first-order chi connectivity index (χ1) is 17.1. The molecular formula is C22H25FN4O8S. The molecular weight excluding hydrogens is 499 g/mol. The molecule has 2 rings (SSSR count). The van der Waals surface area contributed by atoms with Gasteiger partial charge in [0.2, 0.25) is 10.0 Å². The van der Waals surface area contributed by atoms with Crippen LogP contribution in [0.1, 0.15) is 5.56 Å². The Morgan fingerprint density at radius 2 is 1.83 bits per heavy atom. The third-order valence-electron chi connectivity index (χ3n) is 4.71. The van der Waals surface area contributed by atoms with Gasteiger partial charge in [-0.2, -0.15) is 9.57 Å². The molecule has 0 spiro atoms. The predicted octanol–water partition coefficient (Wildman–Crippen LogP) is 1.70. The first-order valence-corrected chi connectivity index (χ1v) is 11.8. The highest BCUT2D eigenvalue weighted by atomic mass is 32.2. The summed E-state index contributed by atoms with van der Waals surface area (Å²) < 4.78 is 56.8. The van der Waals surface area contributed by atoms with E-state index in [1.165, 1.54) is 43.9 Å². The summed E-state index contributed by atoms with van der Waals surface area (Å²) in [6.45, 7) is -1.17. The number of nitrogens with zero attached hydrogens (tertiary/aromatic N) is 3. The number of methoxy groups -OCH3 is 1. The highest BCUT2D eigenvalue weighted by Gasteiger charge is 2.28. The van der Waals surface area contributed by atoms with Gasteiger partial charge >= 0.3 is 6.09 Å². The smallest absolute Gasteiger partial charge is 0.409 e. The Hall–Kier alpha value is -3.77. The number of nitrogens with one attached hydrogen (secondary N) is 1. The van der Waals surface area contributed by atoms with Crippen molar-refractivity contribution in [3.8, 4) is 17.6 Å². The van der Waals surface area contributed by atoms with Crippen molar-refractivity contribution in [3.05, 3.63) is 53.8 Å². The van der Waals surface area contributed by atoms with Gasteiger partial charge in [-0.1, -0.05) is 0 Å². The van der Waals surface area contributed by atoms with Crippen molar-refractivity contribution in [2.24, 2.45) is 0 Å². The molecule has 0 atom stereocenters. The highest BCUT2D eigenvalue weighted by Crippen LogP contribution is 2.28. The van der Waals surface area contributed by atoms with Gasteiger partial charge in [-0.15, -0.1) is 0 Å². The monoisotopic (exact) mass is 524 g/mol. The summed E-state index contributed by atoms with van der Waals surface area (Å²) in [6, 6.07) is 10.7. The zero-order valence-electron chi connectivity index (χ0n) is 19.5. The molecule has 0 aliphatic rings. The number of amides is 2. The second-order valence-electron chi connectivity index (χ2n) is 7.23. The topological polar surface area (TPSA) is 158 Å². The van der Waals surface area contributed by atoms with Crippen LogP contribution in [0.15, 0.2) is 47.4 Å². The third-order valence-corrected chi connectivity index (χ3v) is 6.55. The van der Waals surface area contributed by atoms with Crippen LogP contribution < -0.4 is 10.2 Å². The molecule has 0 radical (unpaired) electrons. The van der Waals surface area contributed by atoms with Gasteiger partial charge < -0.3 is 19.1 Å². The van der Waals surface area contributed by atoms with E-state index in [1.54, 1.807) is 0 Å². The van der Waals surface area contributed by atoms with Crippen molar-refractivity contribution >= 4 is 22.0 Å². The number of likely N-dealkylation sites (N-methyl/N-ethyl adjacent to an activating group) is 1. The van der Waals surface area contributed by atoms with E-state index in [0.717, 1.165) is 23.1 Å². The van der Waals surface area contributed by atoms with Gasteiger partial charge in [-0.05, 0) is 42.5 Å². The van der Waals surface area contributed by atoms with Gasteiger partial charge in [-0.3, -0.25) is 10.0 Å². The van der Waals surface area contributed by atoms with Crippen LogP contribution in [0.5, 0.6) is 11.5 Å².